The molecule has 0 atom stereocenters. The van der Waals surface area contributed by atoms with E-state index in [0.717, 1.165) is 0 Å². The van der Waals surface area contributed by atoms with E-state index < -0.39 is 12.5 Å². The lowest BCUT2D eigenvalue weighted by Gasteiger charge is -2.08. The molecule has 1 rings (SSSR count). The number of alkyl halides is 2. The van der Waals surface area contributed by atoms with Gasteiger partial charge in [-0.2, -0.15) is 8.78 Å². The predicted molar refractivity (Wildman–Crippen MR) is 83.0 cm³/mol. The first-order valence-corrected chi connectivity index (χ1v) is 7.17. The fourth-order valence-corrected chi connectivity index (χ4v) is 1.62. The van der Waals surface area contributed by atoms with Crippen LogP contribution in [0, 0.1) is 5.92 Å². The van der Waals surface area contributed by atoms with Crippen LogP contribution in [0.4, 0.5) is 8.78 Å². The molecule has 0 aliphatic rings. The Morgan fingerprint density at radius 2 is 1.83 bits per heavy atom. The van der Waals surface area contributed by atoms with E-state index in [9.17, 15) is 18.4 Å². The highest BCUT2D eigenvalue weighted by Gasteiger charge is 2.07. The molecule has 0 radical (unpaired) electrons. The van der Waals surface area contributed by atoms with E-state index in [0.29, 0.717) is 12.1 Å². The molecule has 5 nitrogen and oxygen atoms in total. The van der Waals surface area contributed by atoms with Gasteiger partial charge in [0.15, 0.2) is 0 Å². The van der Waals surface area contributed by atoms with Crippen molar-refractivity contribution in [2.75, 3.05) is 13.1 Å². The molecule has 0 bridgehead atoms. The van der Waals surface area contributed by atoms with E-state index in [1.165, 1.54) is 18.2 Å². The average molecular weight is 326 g/mol. The average Bonchev–Trinajstić information content (AvgIpc) is 2.49. The topological polar surface area (TPSA) is 67.4 Å². The van der Waals surface area contributed by atoms with Crippen molar-refractivity contribution in [3.8, 4) is 5.75 Å². The Morgan fingerprint density at radius 3 is 2.48 bits per heavy atom. The van der Waals surface area contributed by atoms with Crippen LogP contribution in [0.5, 0.6) is 5.75 Å². The Balaban J connectivity index is 2.45. The molecule has 0 saturated carbocycles. The number of nitrogens with one attached hydrogen (secondary N) is 2. The molecule has 0 saturated heterocycles. The Morgan fingerprint density at radius 1 is 1.17 bits per heavy atom. The monoisotopic (exact) mass is 326 g/mol. The van der Waals surface area contributed by atoms with E-state index in [-0.39, 0.29) is 24.1 Å². The van der Waals surface area contributed by atoms with Crippen LogP contribution < -0.4 is 15.4 Å². The summed E-state index contributed by atoms with van der Waals surface area (Å²) in [5.74, 6) is -0.601. The first-order chi connectivity index (χ1) is 10.9. The molecule has 23 heavy (non-hydrogen) atoms. The summed E-state index contributed by atoms with van der Waals surface area (Å²) in [6.45, 7) is 1.21. The van der Waals surface area contributed by atoms with Gasteiger partial charge in [0.25, 0.3) is 0 Å². The van der Waals surface area contributed by atoms with E-state index in [2.05, 4.69) is 15.4 Å². The van der Waals surface area contributed by atoms with Crippen LogP contribution in [0.15, 0.2) is 30.3 Å². The highest BCUT2D eigenvalue weighted by molar-refractivity contribution is 5.92. The Hall–Kier alpha value is -2.44. The van der Waals surface area contributed by atoms with Gasteiger partial charge in [0, 0.05) is 30.6 Å². The molecular weight excluding hydrogens is 306 g/mol. The second kappa shape index (κ2) is 9.55. The van der Waals surface area contributed by atoms with Crippen molar-refractivity contribution < 1.29 is 23.1 Å². The summed E-state index contributed by atoms with van der Waals surface area (Å²) in [4.78, 5) is 22.9. The summed E-state index contributed by atoms with van der Waals surface area (Å²) in [6, 6.07) is 6.17. The smallest absolute Gasteiger partial charge is 0.387 e. The summed E-state index contributed by atoms with van der Waals surface area (Å²) in [5.41, 5.74) is 0.371. The third kappa shape index (κ3) is 7.39. The summed E-state index contributed by atoms with van der Waals surface area (Å²) in [7, 11) is 0. The van der Waals surface area contributed by atoms with Gasteiger partial charge >= 0.3 is 6.61 Å². The molecule has 0 aromatic heterocycles. The van der Waals surface area contributed by atoms with Gasteiger partial charge in [-0.15, -0.1) is 0 Å². The maximum absolute atomic E-state index is 12.3. The summed E-state index contributed by atoms with van der Waals surface area (Å²) in [5, 5.41) is 5.24. The number of rotatable bonds is 8. The minimum absolute atomic E-state index is 0.00394. The van der Waals surface area contributed by atoms with E-state index in [1.807, 2.05) is 0 Å². The van der Waals surface area contributed by atoms with Gasteiger partial charge in [0.05, 0.1) is 0 Å². The van der Waals surface area contributed by atoms with Gasteiger partial charge in [-0.1, -0.05) is 32.0 Å². The Bertz CT molecular complexity index is 560. The molecule has 126 valence electrons. The highest BCUT2D eigenvalue weighted by Crippen LogP contribution is 2.21. The number of hydrogen-bond donors (Lipinski definition) is 2. The van der Waals surface area contributed by atoms with Gasteiger partial charge in [-0.3, -0.25) is 9.59 Å². The SMILES string of the molecule is CC(C)C(=O)NCCNC(=O)/C=C/c1ccccc1OC(F)F. The lowest BCUT2D eigenvalue weighted by atomic mass is 10.2. The Kier molecular flexibility index (Phi) is 7.73. The summed E-state index contributed by atoms with van der Waals surface area (Å²) in [6.07, 6.45) is 2.61. The predicted octanol–water partition coefficient (Wildman–Crippen LogP) is 2.19. The number of carbonyl (C=O) groups excluding carboxylic acids is 2. The molecule has 0 fully saturated rings. The van der Waals surface area contributed by atoms with Crippen LogP contribution in [0.1, 0.15) is 19.4 Å². The molecule has 0 spiro atoms. The Labute approximate surface area is 133 Å². The molecule has 2 N–H and O–H groups in total. The van der Waals surface area contributed by atoms with Crippen LogP contribution in [0.2, 0.25) is 0 Å². The largest absolute Gasteiger partial charge is 0.434 e. The zero-order valence-electron chi connectivity index (χ0n) is 13.0. The second-order valence-corrected chi connectivity index (χ2v) is 4.99. The number of ether oxygens (including phenoxy) is 1. The number of benzene rings is 1. The molecule has 1 aromatic carbocycles. The van der Waals surface area contributed by atoms with Crippen molar-refractivity contribution in [2.45, 2.75) is 20.5 Å². The van der Waals surface area contributed by atoms with Crippen LogP contribution in [-0.2, 0) is 9.59 Å². The summed E-state index contributed by atoms with van der Waals surface area (Å²) >= 11 is 0. The zero-order valence-corrected chi connectivity index (χ0v) is 13.0. The van der Waals surface area contributed by atoms with Gasteiger partial charge in [0.2, 0.25) is 11.8 Å². The molecular formula is C16H20F2N2O3. The standard InChI is InChI=1S/C16H20F2N2O3/c1-11(2)15(22)20-10-9-19-14(21)8-7-12-5-3-4-6-13(12)23-16(17)18/h3-8,11,16H,9-10H2,1-2H3,(H,19,21)(H,20,22)/b8-7+. The van der Waals surface area contributed by atoms with Crippen LogP contribution in [-0.4, -0.2) is 31.5 Å². The lowest BCUT2D eigenvalue weighted by Crippen LogP contribution is -2.35. The maximum Gasteiger partial charge on any atom is 0.387 e. The minimum Gasteiger partial charge on any atom is -0.434 e. The number of amides is 2. The maximum atomic E-state index is 12.3. The molecule has 1 aromatic rings. The molecule has 7 heteroatoms. The fourth-order valence-electron chi connectivity index (χ4n) is 1.62. The van der Waals surface area contributed by atoms with Crippen LogP contribution >= 0.6 is 0 Å². The molecule has 2 amide bonds. The molecule has 0 unspecified atom stereocenters. The van der Waals surface area contributed by atoms with Crippen LogP contribution in [0.3, 0.4) is 0 Å². The fraction of sp³-hybridized carbons (Fsp3) is 0.375. The van der Waals surface area contributed by atoms with E-state index in [1.54, 1.807) is 32.0 Å². The van der Waals surface area contributed by atoms with Crippen molar-refractivity contribution in [2.24, 2.45) is 5.92 Å². The van der Waals surface area contributed by atoms with Crippen molar-refractivity contribution in [3.05, 3.63) is 35.9 Å². The third-order valence-corrected chi connectivity index (χ3v) is 2.80. The lowest BCUT2D eigenvalue weighted by molar-refractivity contribution is -0.124. The van der Waals surface area contributed by atoms with Gasteiger partial charge in [-0.05, 0) is 12.1 Å². The van der Waals surface area contributed by atoms with Crippen LogP contribution in [0.25, 0.3) is 6.08 Å². The van der Waals surface area contributed by atoms with Gasteiger partial charge < -0.3 is 15.4 Å². The van der Waals surface area contributed by atoms with Crippen molar-refractivity contribution >= 4 is 17.9 Å². The molecule has 0 heterocycles. The van der Waals surface area contributed by atoms with Crippen molar-refractivity contribution in [1.82, 2.24) is 10.6 Å². The molecule has 0 aliphatic heterocycles. The number of halogens is 2. The van der Waals surface area contributed by atoms with Crippen molar-refractivity contribution in [1.29, 1.82) is 0 Å². The number of hydrogen-bond acceptors (Lipinski definition) is 3. The highest BCUT2D eigenvalue weighted by atomic mass is 19.3. The quantitative estimate of drug-likeness (QED) is 0.568. The normalized spacial score (nSPS) is 11.0. The van der Waals surface area contributed by atoms with E-state index >= 15 is 0 Å². The minimum atomic E-state index is -2.93. The first-order valence-electron chi connectivity index (χ1n) is 7.17. The number of para-hydroxylation sites is 1. The zero-order chi connectivity index (χ0) is 17.2. The van der Waals surface area contributed by atoms with Crippen molar-refractivity contribution in [3.63, 3.8) is 0 Å². The first kappa shape index (κ1) is 18.6. The second-order valence-electron chi connectivity index (χ2n) is 4.99. The molecule has 0 aliphatic carbocycles. The number of carbonyl (C=O) groups is 2. The van der Waals surface area contributed by atoms with Gasteiger partial charge in [0.1, 0.15) is 5.75 Å². The summed E-state index contributed by atoms with van der Waals surface area (Å²) < 4.78 is 28.9. The van der Waals surface area contributed by atoms with E-state index in [4.69, 9.17) is 0 Å². The third-order valence-electron chi connectivity index (χ3n) is 2.80. The van der Waals surface area contributed by atoms with Gasteiger partial charge in [-0.25, -0.2) is 0 Å².